The summed E-state index contributed by atoms with van der Waals surface area (Å²) in [6.07, 6.45) is 4.32. The SMILES string of the molecule is COc1ccc([C@@H]2CN(c3cn(C)nn3)CC[C@H]2NC(=O)Nc2ccc(Cl)cc2)nc1. The number of amides is 2. The van der Waals surface area contributed by atoms with Crippen LogP contribution >= 0.6 is 11.6 Å². The van der Waals surface area contributed by atoms with Crippen LogP contribution in [0.2, 0.25) is 5.02 Å². The Morgan fingerprint density at radius 2 is 2.03 bits per heavy atom. The number of nitrogens with zero attached hydrogens (tertiary/aromatic N) is 5. The van der Waals surface area contributed by atoms with Crippen LogP contribution in [0.1, 0.15) is 18.0 Å². The molecule has 3 aromatic rings. The molecule has 2 atom stereocenters. The van der Waals surface area contributed by atoms with Crippen molar-refractivity contribution in [3.05, 3.63) is 59.5 Å². The highest BCUT2D eigenvalue weighted by Crippen LogP contribution is 2.29. The fraction of sp³-hybridized carbons (Fsp3) is 0.333. The van der Waals surface area contributed by atoms with Crippen molar-refractivity contribution in [3.63, 3.8) is 0 Å². The highest BCUT2D eigenvalue weighted by atomic mass is 35.5. The maximum atomic E-state index is 12.7. The third kappa shape index (κ3) is 5.05. The Bertz CT molecular complexity index is 1020. The molecule has 0 bridgehead atoms. The van der Waals surface area contributed by atoms with Gasteiger partial charge in [-0.3, -0.25) is 9.67 Å². The number of methoxy groups -OCH3 is 1. The highest BCUT2D eigenvalue weighted by Gasteiger charge is 2.33. The van der Waals surface area contributed by atoms with Gasteiger partial charge >= 0.3 is 6.03 Å². The van der Waals surface area contributed by atoms with Crippen molar-refractivity contribution in [2.75, 3.05) is 30.4 Å². The van der Waals surface area contributed by atoms with Gasteiger partial charge in [-0.05, 0) is 42.8 Å². The Labute approximate surface area is 185 Å². The molecule has 0 saturated carbocycles. The van der Waals surface area contributed by atoms with Crippen molar-refractivity contribution >= 4 is 29.1 Å². The topological polar surface area (TPSA) is 97.2 Å². The summed E-state index contributed by atoms with van der Waals surface area (Å²) in [6.45, 7) is 1.40. The number of pyridine rings is 1. The molecule has 1 aliphatic rings. The van der Waals surface area contributed by atoms with Crippen LogP contribution in [0, 0.1) is 0 Å². The molecule has 0 radical (unpaired) electrons. The van der Waals surface area contributed by atoms with Gasteiger partial charge in [-0.25, -0.2) is 4.79 Å². The summed E-state index contributed by atoms with van der Waals surface area (Å²) in [6, 6.07) is 10.5. The second-order valence-electron chi connectivity index (χ2n) is 7.43. The summed E-state index contributed by atoms with van der Waals surface area (Å²) in [7, 11) is 3.45. The number of aromatic nitrogens is 4. The monoisotopic (exact) mass is 441 g/mol. The van der Waals surface area contributed by atoms with Crippen molar-refractivity contribution in [2.24, 2.45) is 7.05 Å². The number of halogens is 1. The first-order valence-corrected chi connectivity index (χ1v) is 10.3. The molecule has 2 aromatic heterocycles. The number of benzene rings is 1. The summed E-state index contributed by atoms with van der Waals surface area (Å²) in [5.41, 5.74) is 1.56. The number of carbonyl (C=O) groups excluding carboxylic acids is 1. The average molecular weight is 442 g/mol. The molecule has 1 aliphatic heterocycles. The van der Waals surface area contributed by atoms with E-state index in [1.54, 1.807) is 42.3 Å². The highest BCUT2D eigenvalue weighted by molar-refractivity contribution is 6.30. The van der Waals surface area contributed by atoms with Crippen LogP contribution in [-0.4, -0.2) is 52.3 Å². The lowest BCUT2D eigenvalue weighted by molar-refractivity contribution is 0.243. The quantitative estimate of drug-likeness (QED) is 0.631. The van der Waals surface area contributed by atoms with Crippen LogP contribution in [0.4, 0.5) is 16.3 Å². The van der Waals surface area contributed by atoms with Gasteiger partial charge in [0.25, 0.3) is 0 Å². The van der Waals surface area contributed by atoms with Gasteiger partial charge in [-0.15, -0.1) is 5.10 Å². The average Bonchev–Trinajstić information content (AvgIpc) is 3.22. The van der Waals surface area contributed by atoms with E-state index in [9.17, 15) is 4.79 Å². The third-order valence-electron chi connectivity index (χ3n) is 5.32. The first-order chi connectivity index (χ1) is 15.0. The van der Waals surface area contributed by atoms with Gasteiger partial charge in [0.1, 0.15) is 5.75 Å². The fourth-order valence-corrected chi connectivity index (χ4v) is 3.84. The van der Waals surface area contributed by atoms with Gasteiger partial charge in [0.05, 0.1) is 19.5 Å². The second-order valence-corrected chi connectivity index (χ2v) is 7.86. The van der Waals surface area contributed by atoms with E-state index >= 15 is 0 Å². The molecule has 0 unspecified atom stereocenters. The van der Waals surface area contributed by atoms with E-state index in [4.69, 9.17) is 16.3 Å². The first kappa shape index (κ1) is 20.9. The number of ether oxygens (including phenoxy) is 1. The zero-order valence-electron chi connectivity index (χ0n) is 17.3. The van der Waals surface area contributed by atoms with E-state index in [0.29, 0.717) is 23.0 Å². The number of hydrogen-bond donors (Lipinski definition) is 2. The zero-order chi connectivity index (χ0) is 21.8. The van der Waals surface area contributed by atoms with Crippen molar-refractivity contribution in [2.45, 2.75) is 18.4 Å². The minimum atomic E-state index is -0.265. The number of nitrogens with one attached hydrogen (secondary N) is 2. The van der Waals surface area contributed by atoms with Crippen LogP contribution in [-0.2, 0) is 7.05 Å². The Hall–Kier alpha value is -3.33. The largest absolute Gasteiger partial charge is 0.495 e. The number of anilines is 2. The molecule has 1 aromatic carbocycles. The lowest BCUT2D eigenvalue weighted by Crippen LogP contribution is -2.51. The molecule has 3 heterocycles. The molecule has 0 aliphatic carbocycles. The molecule has 1 saturated heterocycles. The lowest BCUT2D eigenvalue weighted by Gasteiger charge is -2.38. The predicted molar refractivity (Wildman–Crippen MR) is 119 cm³/mol. The molecule has 10 heteroatoms. The molecular weight excluding hydrogens is 418 g/mol. The third-order valence-corrected chi connectivity index (χ3v) is 5.57. The Morgan fingerprint density at radius 3 is 2.68 bits per heavy atom. The second kappa shape index (κ2) is 9.22. The minimum absolute atomic E-state index is 0.0300. The van der Waals surface area contributed by atoms with E-state index in [1.807, 2.05) is 25.4 Å². The zero-order valence-corrected chi connectivity index (χ0v) is 18.1. The first-order valence-electron chi connectivity index (χ1n) is 9.96. The van der Waals surface area contributed by atoms with Crippen LogP contribution in [0.15, 0.2) is 48.8 Å². The lowest BCUT2D eigenvalue weighted by atomic mass is 9.89. The number of piperidine rings is 1. The van der Waals surface area contributed by atoms with E-state index in [-0.39, 0.29) is 18.0 Å². The number of rotatable bonds is 5. The minimum Gasteiger partial charge on any atom is -0.495 e. The molecule has 0 spiro atoms. The van der Waals surface area contributed by atoms with Gasteiger partial charge in [0, 0.05) is 48.5 Å². The molecule has 4 rings (SSSR count). The number of urea groups is 1. The predicted octanol–water partition coefficient (Wildman–Crippen LogP) is 3.06. The maximum Gasteiger partial charge on any atom is 0.319 e. The molecule has 9 nitrogen and oxygen atoms in total. The maximum absolute atomic E-state index is 12.7. The van der Waals surface area contributed by atoms with Crippen molar-refractivity contribution in [1.82, 2.24) is 25.3 Å². The summed E-state index contributed by atoms with van der Waals surface area (Å²) in [5.74, 6) is 1.47. The van der Waals surface area contributed by atoms with Gasteiger partial charge in [-0.2, -0.15) is 0 Å². The smallest absolute Gasteiger partial charge is 0.319 e. The summed E-state index contributed by atoms with van der Waals surface area (Å²) in [4.78, 5) is 19.4. The van der Waals surface area contributed by atoms with Crippen LogP contribution < -0.4 is 20.3 Å². The normalized spacial score (nSPS) is 18.5. The van der Waals surface area contributed by atoms with Crippen molar-refractivity contribution < 1.29 is 9.53 Å². The van der Waals surface area contributed by atoms with Gasteiger partial charge in [0.15, 0.2) is 5.82 Å². The van der Waals surface area contributed by atoms with Gasteiger partial charge in [-0.1, -0.05) is 16.8 Å². The van der Waals surface area contributed by atoms with E-state index in [0.717, 1.165) is 24.5 Å². The number of aryl methyl sites for hydroxylation is 1. The van der Waals surface area contributed by atoms with Gasteiger partial charge in [0.2, 0.25) is 0 Å². The van der Waals surface area contributed by atoms with Crippen LogP contribution in [0.5, 0.6) is 5.75 Å². The molecule has 1 fully saturated rings. The van der Waals surface area contributed by atoms with Crippen molar-refractivity contribution in [1.29, 1.82) is 0 Å². The number of hydrogen-bond acceptors (Lipinski definition) is 6. The fourth-order valence-electron chi connectivity index (χ4n) is 3.71. The molecular formula is C21H24ClN7O2. The molecule has 162 valence electrons. The van der Waals surface area contributed by atoms with E-state index in [2.05, 4.69) is 30.8 Å². The Morgan fingerprint density at radius 1 is 1.23 bits per heavy atom. The number of carbonyl (C=O) groups is 1. The van der Waals surface area contributed by atoms with Crippen molar-refractivity contribution in [3.8, 4) is 5.75 Å². The van der Waals surface area contributed by atoms with E-state index < -0.39 is 0 Å². The van der Waals surface area contributed by atoms with Crippen LogP contribution in [0.25, 0.3) is 0 Å². The van der Waals surface area contributed by atoms with Gasteiger partial charge < -0.3 is 20.3 Å². The summed E-state index contributed by atoms with van der Waals surface area (Å²) in [5, 5.41) is 14.9. The summed E-state index contributed by atoms with van der Waals surface area (Å²) >= 11 is 5.92. The standard InChI is InChI=1S/C21H24ClN7O2/c1-28-13-20(26-27-28)29-10-9-19(17(12-29)18-8-7-16(31-2)11-23-18)25-21(30)24-15-5-3-14(22)4-6-15/h3-8,11,13,17,19H,9-10,12H2,1-2H3,(H2,24,25,30)/t17-,19+/m0/s1. The summed E-state index contributed by atoms with van der Waals surface area (Å²) < 4.78 is 6.91. The van der Waals surface area contributed by atoms with E-state index in [1.165, 1.54) is 0 Å². The Kier molecular flexibility index (Phi) is 6.22. The van der Waals surface area contributed by atoms with Crippen LogP contribution in [0.3, 0.4) is 0 Å². The molecule has 2 N–H and O–H groups in total. The molecule has 2 amide bonds. The Balaban J connectivity index is 1.51. The molecule has 31 heavy (non-hydrogen) atoms.